The zero-order chi connectivity index (χ0) is 10.2. The largest absolute Gasteiger partial charge is 0.396 e. The molecule has 0 aliphatic rings. The molecule has 0 aromatic heterocycles. The normalized spacial score (nSPS) is 10.4. The third kappa shape index (κ3) is 3.87. The first kappa shape index (κ1) is 10.5. The van der Waals surface area contributed by atoms with Crippen molar-refractivity contribution >= 4 is 12.0 Å². The quantitative estimate of drug-likeness (QED) is 0.750. The summed E-state index contributed by atoms with van der Waals surface area (Å²) in [4.78, 5) is 10.9. The Morgan fingerprint density at radius 2 is 2.07 bits per heavy atom. The highest BCUT2D eigenvalue weighted by Crippen LogP contribution is 1.99. The van der Waals surface area contributed by atoms with Crippen molar-refractivity contribution in [3.63, 3.8) is 0 Å². The summed E-state index contributed by atoms with van der Waals surface area (Å²) in [7, 11) is 0. The van der Waals surface area contributed by atoms with Crippen LogP contribution in [0.25, 0.3) is 6.08 Å². The Kier molecular flexibility index (Phi) is 4.44. The van der Waals surface area contributed by atoms with Crippen molar-refractivity contribution in [3.8, 4) is 0 Å². The fraction of sp³-hybridized carbons (Fsp3) is 0.182. The molecule has 0 bridgehead atoms. The molecule has 0 unspecified atom stereocenters. The van der Waals surface area contributed by atoms with Crippen LogP contribution in [0, 0.1) is 0 Å². The monoisotopic (exact) mass is 191 g/mol. The van der Waals surface area contributed by atoms with Crippen LogP contribution >= 0.6 is 0 Å². The van der Waals surface area contributed by atoms with Crippen LogP contribution in [0.4, 0.5) is 0 Å². The summed E-state index contributed by atoms with van der Waals surface area (Å²) in [5.74, 6) is -0.181. The van der Waals surface area contributed by atoms with Gasteiger partial charge in [0.05, 0.1) is 13.0 Å². The summed E-state index contributed by atoms with van der Waals surface area (Å²) in [5.41, 5.74) is 1.02. The average Bonchev–Trinajstić information content (AvgIpc) is 2.20. The Balaban J connectivity index is 2.38. The van der Waals surface area contributed by atoms with Crippen molar-refractivity contribution < 1.29 is 9.90 Å². The van der Waals surface area contributed by atoms with Gasteiger partial charge in [-0.2, -0.15) is 0 Å². The standard InChI is InChI=1S/C11H13NO2/c13-9-7-11(14)12-8-6-10-4-2-1-3-5-10/h1-6,8,13H,7,9H2,(H,12,14)/b8-6+. The van der Waals surface area contributed by atoms with Gasteiger partial charge in [0.25, 0.3) is 0 Å². The Labute approximate surface area is 83.1 Å². The SMILES string of the molecule is O=C(CCO)N/C=C/c1ccccc1. The molecule has 0 heterocycles. The molecule has 0 saturated carbocycles. The summed E-state index contributed by atoms with van der Waals surface area (Å²) >= 11 is 0. The molecule has 14 heavy (non-hydrogen) atoms. The average molecular weight is 191 g/mol. The molecule has 1 aromatic carbocycles. The zero-order valence-corrected chi connectivity index (χ0v) is 7.81. The predicted octanol–water partition coefficient (Wildman–Crippen LogP) is 1.16. The number of carbonyl (C=O) groups is 1. The smallest absolute Gasteiger partial charge is 0.226 e. The highest BCUT2D eigenvalue weighted by Gasteiger charge is 1.94. The topological polar surface area (TPSA) is 49.3 Å². The maximum Gasteiger partial charge on any atom is 0.226 e. The Morgan fingerprint density at radius 3 is 2.71 bits per heavy atom. The van der Waals surface area contributed by atoms with Gasteiger partial charge in [0.2, 0.25) is 5.91 Å². The second-order valence-corrected chi connectivity index (χ2v) is 2.79. The van der Waals surface area contributed by atoms with Crippen LogP contribution in [0.3, 0.4) is 0 Å². The lowest BCUT2D eigenvalue weighted by Crippen LogP contribution is -2.17. The highest BCUT2D eigenvalue weighted by atomic mass is 16.3. The van der Waals surface area contributed by atoms with Crippen LogP contribution in [0.2, 0.25) is 0 Å². The number of carbonyl (C=O) groups excluding carboxylic acids is 1. The van der Waals surface area contributed by atoms with E-state index >= 15 is 0 Å². The Hall–Kier alpha value is -1.61. The first-order chi connectivity index (χ1) is 6.83. The molecule has 2 N–H and O–H groups in total. The van der Waals surface area contributed by atoms with Crippen molar-refractivity contribution in [2.45, 2.75) is 6.42 Å². The third-order valence-corrected chi connectivity index (χ3v) is 1.66. The van der Waals surface area contributed by atoms with E-state index in [9.17, 15) is 4.79 Å². The van der Waals surface area contributed by atoms with Gasteiger partial charge < -0.3 is 10.4 Å². The molecule has 1 rings (SSSR count). The fourth-order valence-electron chi connectivity index (χ4n) is 0.969. The van der Waals surface area contributed by atoms with Gasteiger partial charge in [-0.3, -0.25) is 4.79 Å². The zero-order valence-electron chi connectivity index (χ0n) is 7.81. The van der Waals surface area contributed by atoms with Crippen molar-refractivity contribution in [2.24, 2.45) is 0 Å². The van der Waals surface area contributed by atoms with Crippen molar-refractivity contribution in [3.05, 3.63) is 42.1 Å². The van der Waals surface area contributed by atoms with Gasteiger partial charge in [0.1, 0.15) is 0 Å². The molecule has 0 radical (unpaired) electrons. The fourth-order valence-corrected chi connectivity index (χ4v) is 0.969. The van der Waals surface area contributed by atoms with Crippen molar-refractivity contribution in [1.29, 1.82) is 0 Å². The van der Waals surface area contributed by atoms with E-state index in [0.29, 0.717) is 0 Å². The van der Waals surface area contributed by atoms with E-state index < -0.39 is 0 Å². The number of hydrogen-bond donors (Lipinski definition) is 2. The van der Waals surface area contributed by atoms with E-state index in [0.717, 1.165) is 5.56 Å². The number of aliphatic hydroxyl groups excluding tert-OH is 1. The van der Waals surface area contributed by atoms with E-state index in [1.807, 2.05) is 30.3 Å². The molecule has 0 saturated heterocycles. The molecule has 1 amide bonds. The number of benzene rings is 1. The van der Waals surface area contributed by atoms with Gasteiger partial charge in [-0.15, -0.1) is 0 Å². The van der Waals surface area contributed by atoms with Gasteiger partial charge in [-0.1, -0.05) is 30.3 Å². The number of hydrogen-bond acceptors (Lipinski definition) is 2. The summed E-state index contributed by atoms with van der Waals surface area (Å²) in [5, 5.41) is 11.0. The molecule has 3 nitrogen and oxygen atoms in total. The Morgan fingerprint density at radius 1 is 1.36 bits per heavy atom. The maximum atomic E-state index is 10.9. The summed E-state index contributed by atoms with van der Waals surface area (Å²) in [6.07, 6.45) is 3.52. The van der Waals surface area contributed by atoms with Crippen molar-refractivity contribution in [1.82, 2.24) is 5.32 Å². The summed E-state index contributed by atoms with van der Waals surface area (Å²) in [6.45, 7) is -0.120. The number of amides is 1. The number of aliphatic hydroxyl groups is 1. The molecule has 0 fully saturated rings. The summed E-state index contributed by atoms with van der Waals surface area (Å²) < 4.78 is 0. The Bertz CT molecular complexity index is 306. The van der Waals surface area contributed by atoms with Gasteiger partial charge in [-0.05, 0) is 11.6 Å². The molecule has 1 aromatic rings. The van der Waals surface area contributed by atoms with E-state index in [1.165, 1.54) is 0 Å². The second kappa shape index (κ2) is 5.94. The molecular weight excluding hydrogens is 178 g/mol. The van der Waals surface area contributed by atoms with Crippen molar-refractivity contribution in [2.75, 3.05) is 6.61 Å². The molecule has 0 spiro atoms. The highest BCUT2D eigenvalue weighted by molar-refractivity contribution is 5.77. The first-order valence-electron chi connectivity index (χ1n) is 4.45. The van der Waals surface area contributed by atoms with E-state index in [1.54, 1.807) is 12.3 Å². The van der Waals surface area contributed by atoms with Gasteiger partial charge in [-0.25, -0.2) is 0 Å². The van der Waals surface area contributed by atoms with Gasteiger partial charge >= 0.3 is 0 Å². The van der Waals surface area contributed by atoms with E-state index in [-0.39, 0.29) is 18.9 Å². The van der Waals surface area contributed by atoms with Gasteiger partial charge in [0.15, 0.2) is 0 Å². The van der Waals surface area contributed by atoms with Crippen LogP contribution in [-0.2, 0) is 4.79 Å². The molecule has 3 heteroatoms. The lowest BCUT2D eigenvalue weighted by atomic mass is 10.2. The molecular formula is C11H13NO2. The van der Waals surface area contributed by atoms with Crippen LogP contribution in [0.15, 0.2) is 36.5 Å². The minimum absolute atomic E-state index is 0.120. The number of rotatable bonds is 4. The van der Waals surface area contributed by atoms with Crippen LogP contribution < -0.4 is 5.32 Å². The minimum Gasteiger partial charge on any atom is -0.396 e. The molecule has 0 aliphatic carbocycles. The maximum absolute atomic E-state index is 10.9. The van der Waals surface area contributed by atoms with E-state index in [2.05, 4.69) is 5.32 Å². The van der Waals surface area contributed by atoms with Crippen LogP contribution in [0.5, 0.6) is 0 Å². The van der Waals surface area contributed by atoms with Gasteiger partial charge in [0, 0.05) is 6.20 Å². The lowest BCUT2D eigenvalue weighted by molar-refractivity contribution is -0.120. The van der Waals surface area contributed by atoms with Crippen LogP contribution in [-0.4, -0.2) is 17.6 Å². The lowest BCUT2D eigenvalue weighted by Gasteiger charge is -1.96. The minimum atomic E-state index is -0.181. The second-order valence-electron chi connectivity index (χ2n) is 2.79. The molecule has 74 valence electrons. The number of nitrogens with one attached hydrogen (secondary N) is 1. The van der Waals surface area contributed by atoms with Crippen LogP contribution in [0.1, 0.15) is 12.0 Å². The summed E-state index contributed by atoms with van der Waals surface area (Å²) in [6, 6.07) is 9.66. The third-order valence-electron chi connectivity index (χ3n) is 1.66. The molecule has 0 aliphatic heterocycles. The first-order valence-corrected chi connectivity index (χ1v) is 4.45. The predicted molar refractivity (Wildman–Crippen MR) is 55.3 cm³/mol. The van der Waals surface area contributed by atoms with E-state index in [4.69, 9.17) is 5.11 Å². The molecule has 0 atom stereocenters.